The lowest BCUT2D eigenvalue weighted by Gasteiger charge is -2.34. The Morgan fingerprint density at radius 2 is 2.13 bits per heavy atom. The molecule has 1 aromatic heterocycles. The van der Waals surface area contributed by atoms with E-state index >= 15 is 0 Å². The average molecular weight is 225 g/mol. The first-order chi connectivity index (χ1) is 6.98. The van der Waals surface area contributed by atoms with Gasteiger partial charge < -0.3 is 0 Å². The lowest BCUT2D eigenvalue weighted by Crippen LogP contribution is -2.24. The van der Waals surface area contributed by atoms with Gasteiger partial charge in [0.2, 0.25) is 5.28 Å². The van der Waals surface area contributed by atoms with E-state index in [-0.39, 0.29) is 5.41 Å². The molecule has 1 aliphatic carbocycles. The Morgan fingerprint density at radius 1 is 1.40 bits per heavy atom. The van der Waals surface area contributed by atoms with Gasteiger partial charge in [0.25, 0.3) is 0 Å². The van der Waals surface area contributed by atoms with E-state index in [9.17, 15) is 0 Å². The molecule has 0 bridgehead atoms. The maximum atomic E-state index is 5.87. The molecule has 3 heteroatoms. The van der Waals surface area contributed by atoms with Gasteiger partial charge in [-0.15, -0.1) is 0 Å². The average Bonchev–Trinajstić information content (AvgIpc) is 2.15. The van der Waals surface area contributed by atoms with E-state index in [0.29, 0.717) is 11.2 Å². The van der Waals surface area contributed by atoms with Crippen LogP contribution in [0.5, 0.6) is 0 Å². The van der Waals surface area contributed by atoms with E-state index in [1.165, 1.54) is 24.1 Å². The highest BCUT2D eigenvalue weighted by atomic mass is 35.5. The molecule has 0 aromatic carbocycles. The van der Waals surface area contributed by atoms with Crippen LogP contribution in [0.1, 0.15) is 50.8 Å². The summed E-state index contributed by atoms with van der Waals surface area (Å²) in [5.74, 6) is 0.516. The third-order valence-corrected chi connectivity index (χ3v) is 3.37. The second-order valence-electron chi connectivity index (χ2n) is 5.36. The van der Waals surface area contributed by atoms with E-state index in [1.54, 1.807) is 0 Å². The first-order valence-electron chi connectivity index (χ1n) is 5.50. The lowest BCUT2D eigenvalue weighted by atomic mass is 9.72. The summed E-state index contributed by atoms with van der Waals surface area (Å²) < 4.78 is 0. The largest absolute Gasteiger partial charge is 0.226 e. The number of halogens is 1. The Labute approximate surface area is 96.1 Å². The topological polar surface area (TPSA) is 25.8 Å². The Morgan fingerprint density at radius 3 is 2.80 bits per heavy atom. The molecule has 1 unspecified atom stereocenters. The van der Waals surface area contributed by atoms with Gasteiger partial charge in [0, 0.05) is 12.1 Å². The van der Waals surface area contributed by atoms with E-state index in [0.717, 1.165) is 6.42 Å². The normalized spacial score (nSPS) is 21.2. The summed E-state index contributed by atoms with van der Waals surface area (Å²) in [6.07, 6.45) is 5.44. The molecule has 1 atom stereocenters. The molecule has 0 N–H and O–H groups in total. The maximum absolute atomic E-state index is 5.87. The minimum absolute atomic E-state index is 0.257. The van der Waals surface area contributed by atoms with Crippen molar-refractivity contribution < 1.29 is 0 Å². The summed E-state index contributed by atoms with van der Waals surface area (Å²) in [5.41, 5.74) is 2.71. The molecule has 1 heterocycles. The SMILES string of the molecule is CC(C)(C)C1CCCc2cnc(Cl)nc21. The highest BCUT2D eigenvalue weighted by molar-refractivity contribution is 6.28. The Balaban J connectivity index is 2.45. The fraction of sp³-hybridized carbons (Fsp3) is 0.667. The van der Waals surface area contributed by atoms with Crippen LogP contribution in [-0.2, 0) is 6.42 Å². The van der Waals surface area contributed by atoms with Gasteiger partial charge in [0.15, 0.2) is 0 Å². The van der Waals surface area contributed by atoms with Crippen molar-refractivity contribution in [2.75, 3.05) is 0 Å². The van der Waals surface area contributed by atoms with Crippen LogP contribution in [0.3, 0.4) is 0 Å². The van der Waals surface area contributed by atoms with Crippen LogP contribution in [0, 0.1) is 5.41 Å². The monoisotopic (exact) mass is 224 g/mol. The molecule has 2 rings (SSSR count). The van der Waals surface area contributed by atoms with Gasteiger partial charge in [0.05, 0.1) is 5.69 Å². The summed E-state index contributed by atoms with van der Waals surface area (Å²) in [6, 6.07) is 0. The number of hydrogen-bond acceptors (Lipinski definition) is 2. The molecule has 0 aliphatic heterocycles. The van der Waals surface area contributed by atoms with Crippen molar-refractivity contribution in [1.82, 2.24) is 9.97 Å². The standard InChI is InChI=1S/C12H17ClN2/c1-12(2,3)9-6-4-5-8-7-14-11(13)15-10(8)9/h7,9H,4-6H2,1-3H3. The third-order valence-electron chi connectivity index (χ3n) is 3.18. The molecule has 0 amide bonds. The molecule has 15 heavy (non-hydrogen) atoms. The van der Waals surface area contributed by atoms with E-state index in [1.807, 2.05) is 6.20 Å². The van der Waals surface area contributed by atoms with Crippen LogP contribution >= 0.6 is 11.6 Å². The van der Waals surface area contributed by atoms with Crippen molar-refractivity contribution in [2.45, 2.75) is 46.0 Å². The van der Waals surface area contributed by atoms with E-state index in [4.69, 9.17) is 11.6 Å². The predicted molar refractivity (Wildman–Crippen MR) is 62.2 cm³/mol. The van der Waals surface area contributed by atoms with Crippen LogP contribution in [0.4, 0.5) is 0 Å². The zero-order chi connectivity index (χ0) is 11.1. The number of hydrogen-bond donors (Lipinski definition) is 0. The van der Waals surface area contributed by atoms with Crippen LogP contribution in [0.2, 0.25) is 5.28 Å². The second-order valence-corrected chi connectivity index (χ2v) is 5.70. The number of aryl methyl sites for hydroxylation is 1. The first-order valence-corrected chi connectivity index (χ1v) is 5.87. The van der Waals surface area contributed by atoms with Gasteiger partial charge in [-0.1, -0.05) is 20.8 Å². The van der Waals surface area contributed by atoms with Crippen molar-refractivity contribution in [2.24, 2.45) is 5.41 Å². The molecule has 0 fully saturated rings. The highest BCUT2D eigenvalue weighted by Crippen LogP contribution is 2.42. The molecule has 2 nitrogen and oxygen atoms in total. The fourth-order valence-corrected chi connectivity index (χ4v) is 2.51. The molecule has 0 radical (unpaired) electrons. The molecule has 82 valence electrons. The third kappa shape index (κ3) is 2.15. The summed E-state index contributed by atoms with van der Waals surface area (Å²) >= 11 is 5.87. The van der Waals surface area contributed by atoms with Gasteiger partial charge in [-0.3, -0.25) is 0 Å². The molecular formula is C12H17ClN2. The number of rotatable bonds is 0. The molecule has 0 saturated carbocycles. The molecule has 0 spiro atoms. The molecule has 1 aromatic rings. The zero-order valence-corrected chi connectivity index (χ0v) is 10.3. The number of fused-ring (bicyclic) bond motifs is 1. The Bertz CT molecular complexity index is 368. The highest BCUT2D eigenvalue weighted by Gasteiger charge is 2.31. The number of aromatic nitrogens is 2. The van der Waals surface area contributed by atoms with Crippen molar-refractivity contribution in [3.8, 4) is 0 Å². The fourth-order valence-electron chi connectivity index (χ4n) is 2.37. The van der Waals surface area contributed by atoms with Gasteiger partial charge in [0.1, 0.15) is 0 Å². The van der Waals surface area contributed by atoms with Crippen LogP contribution < -0.4 is 0 Å². The van der Waals surface area contributed by atoms with Gasteiger partial charge in [-0.2, -0.15) is 0 Å². The maximum Gasteiger partial charge on any atom is 0.222 e. The molecule has 0 saturated heterocycles. The smallest absolute Gasteiger partial charge is 0.222 e. The number of nitrogens with zero attached hydrogens (tertiary/aromatic N) is 2. The predicted octanol–water partition coefficient (Wildman–Crippen LogP) is 3.60. The quantitative estimate of drug-likeness (QED) is 0.630. The van der Waals surface area contributed by atoms with Crippen LogP contribution in [0.15, 0.2) is 6.20 Å². The lowest BCUT2D eigenvalue weighted by molar-refractivity contribution is 0.283. The van der Waals surface area contributed by atoms with Crippen molar-refractivity contribution in [3.63, 3.8) is 0 Å². The zero-order valence-electron chi connectivity index (χ0n) is 9.55. The molecule has 1 aliphatic rings. The summed E-state index contributed by atoms with van der Waals surface area (Å²) in [5, 5.41) is 0.380. The first kappa shape index (κ1) is 10.9. The Hall–Kier alpha value is -0.630. The Kier molecular flexibility index (Phi) is 2.72. The van der Waals surface area contributed by atoms with E-state index in [2.05, 4.69) is 30.7 Å². The minimum atomic E-state index is 0.257. The van der Waals surface area contributed by atoms with Gasteiger partial charge >= 0.3 is 0 Å². The van der Waals surface area contributed by atoms with Crippen LogP contribution in [-0.4, -0.2) is 9.97 Å². The second kappa shape index (κ2) is 3.75. The van der Waals surface area contributed by atoms with Gasteiger partial charge in [-0.05, 0) is 41.8 Å². The molecular weight excluding hydrogens is 208 g/mol. The minimum Gasteiger partial charge on any atom is -0.226 e. The van der Waals surface area contributed by atoms with Crippen LogP contribution in [0.25, 0.3) is 0 Å². The summed E-state index contributed by atoms with van der Waals surface area (Å²) in [7, 11) is 0. The van der Waals surface area contributed by atoms with Crippen molar-refractivity contribution in [1.29, 1.82) is 0 Å². The van der Waals surface area contributed by atoms with Crippen molar-refractivity contribution >= 4 is 11.6 Å². The summed E-state index contributed by atoms with van der Waals surface area (Å²) in [6.45, 7) is 6.80. The van der Waals surface area contributed by atoms with E-state index < -0.39 is 0 Å². The van der Waals surface area contributed by atoms with Gasteiger partial charge in [-0.25, -0.2) is 9.97 Å². The summed E-state index contributed by atoms with van der Waals surface area (Å²) in [4.78, 5) is 8.48. The van der Waals surface area contributed by atoms with Crippen molar-refractivity contribution in [3.05, 3.63) is 22.7 Å².